The molecule has 0 aromatic heterocycles. The normalized spacial score (nSPS) is 9.74. The fourth-order valence-electron chi connectivity index (χ4n) is 1.17. The Labute approximate surface area is 113 Å². The van der Waals surface area contributed by atoms with Crippen LogP contribution in [-0.4, -0.2) is 80.0 Å². The lowest BCUT2D eigenvalue weighted by atomic mass is 10.2. The maximum Gasteiger partial charge on any atom is 0.290 e. The molecule has 0 spiro atoms. The Balaban J connectivity index is 4.30. The zero-order chi connectivity index (χ0) is 15.2. The Morgan fingerprint density at radius 2 is 1.26 bits per heavy atom. The topological polar surface area (TPSA) is 78.0 Å². The fraction of sp³-hybridized carbons (Fsp3) is 0.667. The predicted molar refractivity (Wildman–Crippen MR) is 69.3 cm³/mol. The summed E-state index contributed by atoms with van der Waals surface area (Å²) in [7, 11) is 7.69. The van der Waals surface area contributed by atoms with E-state index in [2.05, 4.69) is 0 Å². The lowest BCUT2D eigenvalue weighted by molar-refractivity contribution is -0.147. The molecular weight excluding hydrogens is 250 g/mol. The molecule has 0 rings (SSSR count). The average Bonchev–Trinajstić information content (AvgIpc) is 2.33. The first-order chi connectivity index (χ1) is 8.66. The van der Waals surface area contributed by atoms with Gasteiger partial charge in [0.25, 0.3) is 5.91 Å². The van der Waals surface area contributed by atoms with Crippen molar-refractivity contribution in [3.05, 3.63) is 0 Å². The summed E-state index contributed by atoms with van der Waals surface area (Å²) in [5.74, 6) is -2.06. The third-order valence-corrected chi connectivity index (χ3v) is 2.56. The van der Waals surface area contributed by atoms with Gasteiger partial charge < -0.3 is 14.7 Å². The van der Waals surface area contributed by atoms with Crippen molar-refractivity contribution >= 4 is 23.5 Å². The van der Waals surface area contributed by atoms with E-state index in [1.165, 1.54) is 30.9 Å². The molecule has 0 unspecified atom stereocenters. The van der Waals surface area contributed by atoms with Crippen LogP contribution in [-0.2, 0) is 19.2 Å². The second-order valence-corrected chi connectivity index (χ2v) is 4.65. The maximum absolute atomic E-state index is 11.7. The minimum Gasteiger partial charge on any atom is -0.349 e. The van der Waals surface area contributed by atoms with Gasteiger partial charge in [0, 0.05) is 48.2 Å². The summed E-state index contributed by atoms with van der Waals surface area (Å²) < 4.78 is 0. The summed E-state index contributed by atoms with van der Waals surface area (Å²) in [5.41, 5.74) is 0. The lowest BCUT2D eigenvalue weighted by Crippen LogP contribution is -2.38. The highest BCUT2D eigenvalue weighted by Crippen LogP contribution is 1.97. The van der Waals surface area contributed by atoms with Crippen LogP contribution in [0.25, 0.3) is 0 Å². The van der Waals surface area contributed by atoms with Crippen LogP contribution in [0.2, 0.25) is 0 Å². The lowest BCUT2D eigenvalue weighted by Gasteiger charge is -2.18. The van der Waals surface area contributed by atoms with Crippen LogP contribution in [0.1, 0.15) is 12.8 Å². The summed E-state index contributed by atoms with van der Waals surface area (Å²) in [4.78, 5) is 49.7. The number of rotatable bonds is 6. The number of carbonyl (C=O) groups excluding carboxylic acids is 4. The molecule has 0 aromatic carbocycles. The van der Waals surface area contributed by atoms with Crippen molar-refractivity contribution in [3.63, 3.8) is 0 Å². The molecule has 0 saturated carbocycles. The van der Waals surface area contributed by atoms with Crippen molar-refractivity contribution in [3.8, 4) is 0 Å². The average molecular weight is 271 g/mol. The standard InChI is InChI=1S/C12H21N3O4/c1-13(2)10(17)6-7-15(5)12(19)9(16)8-11(18)14(3)4/h6-8H2,1-5H3. The van der Waals surface area contributed by atoms with E-state index in [1.807, 2.05) is 0 Å². The van der Waals surface area contributed by atoms with E-state index in [0.717, 1.165) is 4.90 Å². The first-order valence-electron chi connectivity index (χ1n) is 5.85. The summed E-state index contributed by atoms with van der Waals surface area (Å²) in [5, 5.41) is 0. The molecule has 0 fully saturated rings. The van der Waals surface area contributed by atoms with Gasteiger partial charge in [-0.1, -0.05) is 0 Å². The molecule has 0 aliphatic carbocycles. The smallest absolute Gasteiger partial charge is 0.290 e. The fourth-order valence-corrected chi connectivity index (χ4v) is 1.17. The molecule has 0 aromatic rings. The molecule has 0 aliphatic heterocycles. The maximum atomic E-state index is 11.7. The van der Waals surface area contributed by atoms with Gasteiger partial charge in [0.15, 0.2) is 0 Å². The Bertz CT molecular complexity index is 377. The van der Waals surface area contributed by atoms with Crippen LogP contribution < -0.4 is 0 Å². The van der Waals surface area contributed by atoms with Crippen molar-refractivity contribution < 1.29 is 19.2 Å². The number of hydrogen-bond donors (Lipinski definition) is 0. The first kappa shape index (κ1) is 17.1. The number of ketones is 1. The van der Waals surface area contributed by atoms with E-state index < -0.39 is 24.0 Å². The molecule has 0 aliphatic rings. The molecule has 108 valence electrons. The van der Waals surface area contributed by atoms with Crippen LogP contribution in [0.4, 0.5) is 0 Å². The SMILES string of the molecule is CN(C)C(=O)CCN(C)C(=O)C(=O)CC(=O)N(C)C. The second-order valence-electron chi connectivity index (χ2n) is 4.65. The van der Waals surface area contributed by atoms with Crippen molar-refractivity contribution in [1.82, 2.24) is 14.7 Å². The van der Waals surface area contributed by atoms with Crippen LogP contribution in [0, 0.1) is 0 Å². The third kappa shape index (κ3) is 5.98. The Kier molecular flexibility index (Phi) is 6.74. The minimum atomic E-state index is -0.765. The van der Waals surface area contributed by atoms with Gasteiger partial charge >= 0.3 is 0 Å². The zero-order valence-electron chi connectivity index (χ0n) is 12.1. The van der Waals surface area contributed by atoms with Crippen molar-refractivity contribution in [2.75, 3.05) is 41.8 Å². The Morgan fingerprint density at radius 1 is 0.789 bits per heavy atom. The van der Waals surface area contributed by atoms with Crippen LogP contribution >= 0.6 is 0 Å². The van der Waals surface area contributed by atoms with Gasteiger partial charge in [0.2, 0.25) is 17.6 Å². The molecular formula is C12H21N3O4. The van der Waals surface area contributed by atoms with E-state index in [9.17, 15) is 19.2 Å². The summed E-state index contributed by atoms with van der Waals surface area (Å²) in [6, 6.07) is 0. The molecule has 0 bridgehead atoms. The molecule has 19 heavy (non-hydrogen) atoms. The minimum absolute atomic E-state index is 0.128. The Hall–Kier alpha value is -1.92. The number of likely N-dealkylation sites (N-methyl/N-ethyl adjacent to an activating group) is 1. The number of carbonyl (C=O) groups is 4. The molecule has 0 saturated heterocycles. The molecule has 0 N–H and O–H groups in total. The highest BCUT2D eigenvalue weighted by molar-refractivity contribution is 6.39. The predicted octanol–water partition coefficient (Wildman–Crippen LogP) is -1.03. The second kappa shape index (κ2) is 7.50. The zero-order valence-corrected chi connectivity index (χ0v) is 12.1. The van der Waals surface area contributed by atoms with Gasteiger partial charge in [-0.15, -0.1) is 0 Å². The van der Waals surface area contributed by atoms with E-state index in [4.69, 9.17) is 0 Å². The molecule has 0 radical (unpaired) electrons. The van der Waals surface area contributed by atoms with Gasteiger partial charge in [0.05, 0.1) is 6.42 Å². The Morgan fingerprint density at radius 3 is 1.68 bits per heavy atom. The molecule has 7 nitrogen and oxygen atoms in total. The van der Waals surface area contributed by atoms with Crippen LogP contribution in [0.3, 0.4) is 0 Å². The van der Waals surface area contributed by atoms with E-state index >= 15 is 0 Å². The van der Waals surface area contributed by atoms with Gasteiger partial charge in [-0.05, 0) is 0 Å². The van der Waals surface area contributed by atoms with Crippen molar-refractivity contribution in [2.45, 2.75) is 12.8 Å². The van der Waals surface area contributed by atoms with Gasteiger partial charge in [-0.2, -0.15) is 0 Å². The molecule has 7 heteroatoms. The van der Waals surface area contributed by atoms with Gasteiger partial charge in [0.1, 0.15) is 0 Å². The number of amides is 3. The van der Waals surface area contributed by atoms with E-state index in [1.54, 1.807) is 14.1 Å². The summed E-state index contributed by atoms with van der Waals surface area (Å²) >= 11 is 0. The monoisotopic (exact) mass is 271 g/mol. The summed E-state index contributed by atoms with van der Waals surface area (Å²) in [6.45, 7) is 0.151. The molecule has 0 atom stereocenters. The van der Waals surface area contributed by atoms with Crippen molar-refractivity contribution in [1.29, 1.82) is 0 Å². The van der Waals surface area contributed by atoms with Gasteiger partial charge in [-0.25, -0.2) is 0 Å². The number of hydrogen-bond acceptors (Lipinski definition) is 4. The largest absolute Gasteiger partial charge is 0.349 e. The quantitative estimate of drug-likeness (QED) is 0.457. The highest BCUT2D eigenvalue weighted by Gasteiger charge is 2.22. The number of nitrogens with zero attached hydrogens (tertiary/aromatic N) is 3. The van der Waals surface area contributed by atoms with Crippen LogP contribution in [0.15, 0.2) is 0 Å². The number of Topliss-reactive ketones (excluding diaryl/α,β-unsaturated/α-hetero) is 1. The molecule has 0 heterocycles. The molecule has 3 amide bonds. The third-order valence-electron chi connectivity index (χ3n) is 2.56. The van der Waals surface area contributed by atoms with Gasteiger partial charge in [-0.3, -0.25) is 19.2 Å². The summed E-state index contributed by atoms with van der Waals surface area (Å²) in [6.07, 6.45) is -0.304. The van der Waals surface area contributed by atoms with E-state index in [0.29, 0.717) is 0 Å². The van der Waals surface area contributed by atoms with E-state index in [-0.39, 0.29) is 18.9 Å². The highest BCUT2D eigenvalue weighted by atomic mass is 16.2. The van der Waals surface area contributed by atoms with Crippen LogP contribution in [0.5, 0.6) is 0 Å². The van der Waals surface area contributed by atoms with Crippen molar-refractivity contribution in [2.24, 2.45) is 0 Å². The first-order valence-corrected chi connectivity index (χ1v) is 5.85.